The second-order valence-corrected chi connectivity index (χ2v) is 5.36. The van der Waals surface area contributed by atoms with Crippen molar-refractivity contribution in [3.63, 3.8) is 0 Å². The van der Waals surface area contributed by atoms with Gasteiger partial charge in [0, 0.05) is 23.6 Å². The van der Waals surface area contributed by atoms with Crippen LogP contribution in [0.2, 0.25) is 0 Å². The van der Waals surface area contributed by atoms with Gasteiger partial charge in [-0.2, -0.15) is 0 Å². The van der Waals surface area contributed by atoms with Crippen LogP contribution >= 0.6 is 11.8 Å². The Labute approximate surface area is 106 Å². The molecule has 1 rings (SSSR count). The quantitative estimate of drug-likeness (QED) is 0.791. The standard InChI is InChI=1S/C13H18FNOS/c1-10(2)9-15-13(16)7-8-17-12-6-4-3-5-11(12)14/h3-6,10H,7-9H2,1-2H3,(H,15,16). The molecular formula is C13H18FNOS. The summed E-state index contributed by atoms with van der Waals surface area (Å²) in [7, 11) is 0. The number of carbonyl (C=O) groups excluding carboxylic acids is 1. The minimum atomic E-state index is -0.222. The van der Waals surface area contributed by atoms with Crippen molar-refractivity contribution in [2.24, 2.45) is 5.92 Å². The van der Waals surface area contributed by atoms with E-state index in [4.69, 9.17) is 0 Å². The SMILES string of the molecule is CC(C)CNC(=O)CCSc1ccccc1F. The second-order valence-electron chi connectivity index (χ2n) is 4.23. The maximum Gasteiger partial charge on any atom is 0.220 e. The van der Waals surface area contributed by atoms with Crippen LogP contribution in [0.1, 0.15) is 20.3 Å². The second kappa shape index (κ2) is 7.33. The number of hydrogen-bond acceptors (Lipinski definition) is 2. The fourth-order valence-electron chi connectivity index (χ4n) is 1.22. The molecule has 0 bridgehead atoms. The van der Waals surface area contributed by atoms with Gasteiger partial charge in [0.2, 0.25) is 5.91 Å². The van der Waals surface area contributed by atoms with Crippen LogP contribution in [0.3, 0.4) is 0 Å². The number of hydrogen-bond donors (Lipinski definition) is 1. The summed E-state index contributed by atoms with van der Waals surface area (Å²) in [5, 5.41) is 2.84. The Morgan fingerprint density at radius 2 is 2.12 bits per heavy atom. The van der Waals surface area contributed by atoms with Gasteiger partial charge in [0.25, 0.3) is 0 Å². The number of halogens is 1. The summed E-state index contributed by atoms with van der Waals surface area (Å²) in [6, 6.07) is 6.62. The number of amides is 1. The number of rotatable bonds is 6. The van der Waals surface area contributed by atoms with Crippen molar-refractivity contribution in [2.45, 2.75) is 25.2 Å². The molecule has 0 saturated heterocycles. The van der Waals surface area contributed by atoms with Gasteiger partial charge in [-0.15, -0.1) is 11.8 Å². The van der Waals surface area contributed by atoms with Gasteiger partial charge in [-0.3, -0.25) is 4.79 Å². The maximum absolute atomic E-state index is 13.2. The Hall–Kier alpha value is -1.03. The Kier molecular flexibility index (Phi) is 6.05. The summed E-state index contributed by atoms with van der Waals surface area (Å²) in [5.74, 6) is 0.867. The molecule has 0 radical (unpaired) electrons. The van der Waals surface area contributed by atoms with E-state index in [1.165, 1.54) is 17.8 Å². The summed E-state index contributed by atoms with van der Waals surface area (Å²) in [6.45, 7) is 4.80. The van der Waals surface area contributed by atoms with Crippen molar-refractivity contribution < 1.29 is 9.18 Å². The largest absolute Gasteiger partial charge is 0.356 e. The summed E-state index contributed by atoms with van der Waals surface area (Å²) >= 11 is 1.37. The molecule has 1 aromatic rings. The minimum absolute atomic E-state index is 0.0301. The lowest BCUT2D eigenvalue weighted by Crippen LogP contribution is -2.27. The highest BCUT2D eigenvalue weighted by Gasteiger charge is 2.05. The molecule has 0 aromatic heterocycles. The predicted octanol–water partition coefficient (Wildman–Crippen LogP) is 3.08. The van der Waals surface area contributed by atoms with Crippen LogP contribution in [0.15, 0.2) is 29.2 Å². The summed E-state index contributed by atoms with van der Waals surface area (Å²) < 4.78 is 13.2. The molecule has 0 saturated carbocycles. The molecule has 94 valence electrons. The van der Waals surface area contributed by atoms with Gasteiger partial charge in [0.15, 0.2) is 0 Å². The van der Waals surface area contributed by atoms with Crippen LogP contribution in [-0.2, 0) is 4.79 Å². The van der Waals surface area contributed by atoms with Gasteiger partial charge in [0.1, 0.15) is 5.82 Å². The third kappa shape index (κ3) is 5.73. The average Bonchev–Trinajstić information content (AvgIpc) is 2.29. The van der Waals surface area contributed by atoms with Crippen LogP contribution in [0.4, 0.5) is 4.39 Å². The van der Waals surface area contributed by atoms with Crippen LogP contribution in [0.25, 0.3) is 0 Å². The van der Waals surface area contributed by atoms with Crippen molar-refractivity contribution in [3.05, 3.63) is 30.1 Å². The van der Waals surface area contributed by atoms with Crippen LogP contribution in [0, 0.1) is 11.7 Å². The van der Waals surface area contributed by atoms with E-state index in [1.807, 2.05) is 13.8 Å². The lowest BCUT2D eigenvalue weighted by Gasteiger charge is -2.07. The van der Waals surface area contributed by atoms with Crippen LogP contribution in [-0.4, -0.2) is 18.2 Å². The fraction of sp³-hybridized carbons (Fsp3) is 0.462. The van der Waals surface area contributed by atoms with Crippen molar-refractivity contribution >= 4 is 17.7 Å². The highest BCUT2D eigenvalue weighted by atomic mass is 32.2. The first kappa shape index (κ1) is 14.0. The summed E-state index contributed by atoms with van der Waals surface area (Å²) in [6.07, 6.45) is 0.422. The Morgan fingerprint density at radius 1 is 1.41 bits per heavy atom. The Morgan fingerprint density at radius 3 is 2.76 bits per heavy atom. The number of carbonyl (C=O) groups is 1. The molecule has 0 spiro atoms. The highest BCUT2D eigenvalue weighted by molar-refractivity contribution is 7.99. The first-order valence-corrected chi connectivity index (χ1v) is 6.72. The van der Waals surface area contributed by atoms with E-state index in [9.17, 15) is 9.18 Å². The third-order valence-corrected chi connectivity index (χ3v) is 3.18. The number of nitrogens with one attached hydrogen (secondary N) is 1. The van der Waals surface area contributed by atoms with E-state index in [-0.39, 0.29) is 11.7 Å². The number of benzene rings is 1. The molecule has 0 atom stereocenters. The lowest BCUT2D eigenvalue weighted by molar-refractivity contribution is -0.120. The molecule has 17 heavy (non-hydrogen) atoms. The van der Waals surface area contributed by atoms with Gasteiger partial charge in [-0.05, 0) is 18.1 Å². The maximum atomic E-state index is 13.2. The molecule has 2 nitrogen and oxygen atoms in total. The lowest BCUT2D eigenvalue weighted by atomic mass is 10.2. The molecule has 0 aliphatic carbocycles. The average molecular weight is 255 g/mol. The summed E-state index contributed by atoms with van der Waals surface area (Å²) in [5.41, 5.74) is 0. The molecule has 1 aromatic carbocycles. The molecule has 0 aliphatic rings. The van der Waals surface area contributed by atoms with Gasteiger partial charge in [-0.1, -0.05) is 26.0 Å². The molecule has 0 unspecified atom stereocenters. The fourth-order valence-corrected chi connectivity index (χ4v) is 2.11. The molecule has 1 amide bonds. The van der Waals surface area contributed by atoms with Gasteiger partial charge >= 0.3 is 0 Å². The molecule has 0 heterocycles. The smallest absolute Gasteiger partial charge is 0.220 e. The van der Waals surface area contributed by atoms with E-state index in [0.717, 1.165) is 0 Å². The van der Waals surface area contributed by atoms with Gasteiger partial charge in [-0.25, -0.2) is 4.39 Å². The Balaban J connectivity index is 2.24. The number of thioether (sulfide) groups is 1. The van der Waals surface area contributed by atoms with Crippen molar-refractivity contribution in [3.8, 4) is 0 Å². The Bertz CT molecular complexity index is 368. The van der Waals surface area contributed by atoms with Crippen molar-refractivity contribution in [2.75, 3.05) is 12.3 Å². The van der Waals surface area contributed by atoms with Crippen molar-refractivity contribution in [1.29, 1.82) is 0 Å². The topological polar surface area (TPSA) is 29.1 Å². The van der Waals surface area contributed by atoms with Crippen LogP contribution in [0.5, 0.6) is 0 Å². The van der Waals surface area contributed by atoms with E-state index < -0.39 is 0 Å². The molecular weight excluding hydrogens is 237 g/mol. The van der Waals surface area contributed by atoms with E-state index >= 15 is 0 Å². The zero-order chi connectivity index (χ0) is 12.7. The zero-order valence-electron chi connectivity index (χ0n) is 10.2. The van der Waals surface area contributed by atoms with E-state index in [1.54, 1.807) is 18.2 Å². The van der Waals surface area contributed by atoms with E-state index in [0.29, 0.717) is 29.5 Å². The highest BCUT2D eigenvalue weighted by Crippen LogP contribution is 2.21. The minimum Gasteiger partial charge on any atom is -0.356 e. The van der Waals surface area contributed by atoms with E-state index in [2.05, 4.69) is 5.32 Å². The van der Waals surface area contributed by atoms with Gasteiger partial charge < -0.3 is 5.32 Å². The third-order valence-electron chi connectivity index (χ3n) is 2.13. The zero-order valence-corrected chi connectivity index (χ0v) is 11.0. The van der Waals surface area contributed by atoms with Crippen molar-refractivity contribution in [1.82, 2.24) is 5.32 Å². The molecule has 0 aliphatic heterocycles. The normalized spacial score (nSPS) is 10.6. The first-order valence-electron chi connectivity index (χ1n) is 5.73. The summed E-state index contributed by atoms with van der Waals surface area (Å²) in [4.78, 5) is 12.0. The molecule has 1 N–H and O–H groups in total. The first-order chi connectivity index (χ1) is 8.09. The van der Waals surface area contributed by atoms with Crippen LogP contribution < -0.4 is 5.32 Å². The van der Waals surface area contributed by atoms with Gasteiger partial charge in [0.05, 0.1) is 0 Å². The molecule has 4 heteroatoms. The molecule has 0 fully saturated rings. The predicted molar refractivity (Wildman–Crippen MR) is 69.6 cm³/mol. The monoisotopic (exact) mass is 255 g/mol.